The van der Waals surface area contributed by atoms with Crippen molar-refractivity contribution in [3.8, 4) is 0 Å². The molecule has 1 aromatic heterocycles. The molecule has 0 aliphatic heterocycles. The van der Waals surface area contributed by atoms with Crippen molar-refractivity contribution < 1.29 is 0 Å². The van der Waals surface area contributed by atoms with Crippen LogP contribution in [0.3, 0.4) is 0 Å². The first-order chi connectivity index (χ1) is 3.43. The lowest BCUT2D eigenvalue weighted by atomic mass is 10.5. The first kappa shape index (κ1) is 5.56. The van der Waals surface area contributed by atoms with Gasteiger partial charge in [-0.2, -0.15) is 0 Å². The second-order valence-corrected chi connectivity index (χ2v) is 3.01. The highest BCUT2D eigenvalue weighted by molar-refractivity contribution is 14.1. The molecule has 0 saturated carbocycles. The molecule has 0 amide bonds. The van der Waals surface area contributed by atoms with Gasteiger partial charge in [-0.3, -0.25) is 0 Å². The van der Waals surface area contributed by atoms with Crippen LogP contribution in [0.25, 0.3) is 0 Å². The van der Waals surface area contributed by atoms with Crippen molar-refractivity contribution in [2.24, 2.45) is 0 Å². The van der Waals surface area contributed by atoms with Gasteiger partial charge in [0.15, 0.2) is 0 Å². The molecule has 1 aromatic rings. The summed E-state index contributed by atoms with van der Waals surface area (Å²) in [6.07, 6.45) is 0. The van der Waals surface area contributed by atoms with Crippen LogP contribution < -0.4 is 0 Å². The van der Waals surface area contributed by atoms with Crippen LogP contribution in [0.15, 0.2) is 17.5 Å². The summed E-state index contributed by atoms with van der Waals surface area (Å²) in [4.78, 5) is 1.46. The summed E-state index contributed by atoms with van der Waals surface area (Å²) >= 11 is 4.18. The summed E-state index contributed by atoms with van der Waals surface area (Å²) in [5, 5.41) is 2.11. The second-order valence-electron chi connectivity index (χ2n) is 1.21. The van der Waals surface area contributed by atoms with Gasteiger partial charge in [-0.1, -0.05) is 28.7 Å². The second kappa shape index (κ2) is 2.67. The summed E-state index contributed by atoms with van der Waals surface area (Å²) in [6, 6.07) is 4.23. The maximum atomic E-state index is 2.36. The molecule has 0 spiro atoms. The van der Waals surface area contributed by atoms with Gasteiger partial charge in [0.1, 0.15) is 0 Å². The van der Waals surface area contributed by atoms with Gasteiger partial charge in [0.2, 0.25) is 0 Å². The fourth-order valence-corrected chi connectivity index (χ4v) is 1.73. The zero-order valence-electron chi connectivity index (χ0n) is 3.73. The van der Waals surface area contributed by atoms with Crippen LogP contribution in [0.4, 0.5) is 0 Å². The van der Waals surface area contributed by atoms with Gasteiger partial charge in [-0.05, 0) is 11.4 Å². The Morgan fingerprint density at radius 2 is 2.57 bits per heavy atom. The normalized spacial score (nSPS) is 9.29. The molecular weight excluding hydrogens is 219 g/mol. The van der Waals surface area contributed by atoms with E-state index in [1.54, 1.807) is 0 Å². The SMILES string of the molecule is ICc1cccs1. The van der Waals surface area contributed by atoms with E-state index < -0.39 is 0 Å². The van der Waals surface area contributed by atoms with E-state index in [9.17, 15) is 0 Å². The minimum atomic E-state index is 1.15. The lowest BCUT2D eigenvalue weighted by molar-refractivity contribution is 1.62. The van der Waals surface area contributed by atoms with Crippen LogP contribution in [0, 0.1) is 0 Å². The molecule has 1 heterocycles. The van der Waals surface area contributed by atoms with E-state index in [-0.39, 0.29) is 0 Å². The Kier molecular flexibility index (Phi) is 2.12. The number of hydrogen-bond donors (Lipinski definition) is 0. The van der Waals surface area contributed by atoms with Crippen molar-refractivity contribution >= 4 is 33.9 Å². The van der Waals surface area contributed by atoms with Gasteiger partial charge in [0, 0.05) is 9.30 Å². The highest BCUT2D eigenvalue weighted by Gasteiger charge is 1.84. The molecule has 0 fully saturated rings. The number of halogens is 1. The topological polar surface area (TPSA) is 0 Å². The lowest BCUT2D eigenvalue weighted by Crippen LogP contribution is -1.57. The summed E-state index contributed by atoms with van der Waals surface area (Å²) in [7, 11) is 0. The summed E-state index contributed by atoms with van der Waals surface area (Å²) in [6.45, 7) is 0. The van der Waals surface area contributed by atoms with Crippen molar-refractivity contribution in [3.05, 3.63) is 22.4 Å². The molecule has 7 heavy (non-hydrogen) atoms. The monoisotopic (exact) mass is 224 g/mol. The lowest BCUT2D eigenvalue weighted by Gasteiger charge is -1.76. The summed E-state index contributed by atoms with van der Waals surface area (Å²) in [5.41, 5.74) is 0. The molecule has 0 aliphatic rings. The smallest absolute Gasteiger partial charge is 0.0341 e. The molecule has 1 rings (SSSR count). The van der Waals surface area contributed by atoms with Crippen LogP contribution in [-0.2, 0) is 4.43 Å². The molecule has 0 N–H and O–H groups in total. The average molecular weight is 224 g/mol. The Balaban J connectivity index is 2.76. The minimum absolute atomic E-state index is 1.15. The van der Waals surface area contributed by atoms with Crippen molar-refractivity contribution in [1.29, 1.82) is 0 Å². The van der Waals surface area contributed by atoms with Crippen LogP contribution in [0.5, 0.6) is 0 Å². The van der Waals surface area contributed by atoms with Gasteiger partial charge in [-0.25, -0.2) is 0 Å². The van der Waals surface area contributed by atoms with E-state index in [4.69, 9.17) is 0 Å². The zero-order valence-corrected chi connectivity index (χ0v) is 6.70. The molecule has 2 heteroatoms. The third-order valence-corrected chi connectivity index (χ3v) is 2.93. The van der Waals surface area contributed by atoms with E-state index in [1.807, 2.05) is 11.3 Å². The van der Waals surface area contributed by atoms with Crippen molar-refractivity contribution in [3.63, 3.8) is 0 Å². The molecule has 38 valence electrons. The highest BCUT2D eigenvalue weighted by atomic mass is 127. The Morgan fingerprint density at radius 3 is 2.86 bits per heavy atom. The molecule has 0 unspecified atom stereocenters. The van der Waals surface area contributed by atoms with Gasteiger partial charge in [0.05, 0.1) is 0 Å². The molecular formula is C5H5IS. The van der Waals surface area contributed by atoms with Crippen molar-refractivity contribution in [2.75, 3.05) is 0 Å². The van der Waals surface area contributed by atoms with Crippen LogP contribution in [0.2, 0.25) is 0 Å². The van der Waals surface area contributed by atoms with Crippen LogP contribution >= 0.6 is 33.9 Å². The van der Waals surface area contributed by atoms with Gasteiger partial charge < -0.3 is 0 Å². The van der Waals surface area contributed by atoms with E-state index in [0.717, 1.165) is 4.43 Å². The first-order valence-corrected chi connectivity index (χ1v) is 4.42. The third-order valence-electron chi connectivity index (χ3n) is 0.712. The van der Waals surface area contributed by atoms with Crippen molar-refractivity contribution in [1.82, 2.24) is 0 Å². The number of alkyl halides is 1. The fraction of sp³-hybridized carbons (Fsp3) is 0.200. The summed E-state index contributed by atoms with van der Waals surface area (Å²) < 4.78 is 1.15. The van der Waals surface area contributed by atoms with Crippen LogP contribution in [-0.4, -0.2) is 0 Å². The molecule has 0 aromatic carbocycles. The minimum Gasteiger partial charge on any atom is -0.148 e. The van der Waals surface area contributed by atoms with E-state index in [1.165, 1.54) is 4.88 Å². The maximum Gasteiger partial charge on any atom is 0.0341 e. The number of thiophene rings is 1. The average Bonchev–Trinajstić information content (AvgIpc) is 2.14. The molecule has 0 radical (unpaired) electrons. The van der Waals surface area contributed by atoms with E-state index in [0.29, 0.717) is 0 Å². The number of rotatable bonds is 1. The van der Waals surface area contributed by atoms with Crippen molar-refractivity contribution in [2.45, 2.75) is 4.43 Å². The Bertz CT molecular complexity index is 123. The Hall–Kier alpha value is 0.430. The zero-order chi connectivity index (χ0) is 5.11. The Labute approximate surface area is 60.7 Å². The molecule has 0 aliphatic carbocycles. The predicted molar refractivity (Wildman–Crippen MR) is 42.0 cm³/mol. The van der Waals surface area contributed by atoms with Gasteiger partial charge in [0.25, 0.3) is 0 Å². The molecule has 0 nitrogen and oxygen atoms in total. The molecule has 0 bridgehead atoms. The quantitative estimate of drug-likeness (QED) is 0.508. The number of hydrogen-bond acceptors (Lipinski definition) is 1. The molecule has 0 atom stereocenters. The summed E-state index contributed by atoms with van der Waals surface area (Å²) in [5.74, 6) is 0. The highest BCUT2D eigenvalue weighted by Crippen LogP contribution is 2.11. The standard InChI is InChI=1S/C5H5IS/c6-4-5-2-1-3-7-5/h1-3H,4H2. The largest absolute Gasteiger partial charge is 0.148 e. The van der Waals surface area contributed by atoms with E-state index >= 15 is 0 Å². The van der Waals surface area contributed by atoms with Gasteiger partial charge in [-0.15, -0.1) is 11.3 Å². The van der Waals surface area contributed by atoms with E-state index in [2.05, 4.69) is 40.1 Å². The Morgan fingerprint density at radius 1 is 1.71 bits per heavy atom. The molecule has 0 saturated heterocycles. The fourth-order valence-electron chi connectivity index (χ4n) is 0.389. The maximum absolute atomic E-state index is 2.36. The predicted octanol–water partition coefficient (Wildman–Crippen LogP) is 2.68. The first-order valence-electron chi connectivity index (χ1n) is 2.02. The van der Waals surface area contributed by atoms with Crippen LogP contribution in [0.1, 0.15) is 4.88 Å². The van der Waals surface area contributed by atoms with Gasteiger partial charge >= 0.3 is 0 Å². The third kappa shape index (κ3) is 1.42.